The van der Waals surface area contributed by atoms with Crippen molar-refractivity contribution in [1.82, 2.24) is 40.4 Å². The summed E-state index contributed by atoms with van der Waals surface area (Å²) >= 11 is 0. The van der Waals surface area contributed by atoms with Crippen LogP contribution in [0.1, 0.15) is 123 Å². The molecular weight excluding hydrogens is 905 g/mol. The van der Waals surface area contributed by atoms with Crippen LogP contribution >= 0.6 is 0 Å². The molecular formula is C54H68N8O9. The van der Waals surface area contributed by atoms with E-state index >= 15 is 0 Å². The molecule has 17 heteroatoms. The third-order valence-corrected chi connectivity index (χ3v) is 16.5. The smallest absolute Gasteiger partial charge is 0.407 e. The number of amides is 4. The minimum absolute atomic E-state index is 0.0460. The van der Waals surface area contributed by atoms with Gasteiger partial charge < -0.3 is 54.5 Å². The first-order chi connectivity index (χ1) is 34.0. The molecule has 5 aliphatic heterocycles. The molecule has 0 unspecified atom stereocenters. The number of aromatic nitrogens is 4. The van der Waals surface area contributed by atoms with Gasteiger partial charge in [-0.05, 0) is 150 Å². The average molecular weight is 973 g/mol. The molecule has 71 heavy (non-hydrogen) atoms. The van der Waals surface area contributed by atoms with E-state index in [4.69, 9.17) is 28.9 Å². The lowest BCUT2D eigenvalue weighted by Gasteiger charge is -2.39. The van der Waals surface area contributed by atoms with Crippen LogP contribution in [0.25, 0.3) is 44.2 Å². The summed E-state index contributed by atoms with van der Waals surface area (Å²) in [6, 6.07) is 12.1. The van der Waals surface area contributed by atoms with Crippen LogP contribution in [-0.4, -0.2) is 115 Å². The first-order valence-electron chi connectivity index (χ1n) is 25.5. The fourth-order valence-corrected chi connectivity index (χ4v) is 12.8. The molecule has 4 saturated heterocycles. The number of benzene rings is 3. The molecule has 0 aliphatic carbocycles. The van der Waals surface area contributed by atoms with E-state index < -0.39 is 24.3 Å². The van der Waals surface area contributed by atoms with Gasteiger partial charge in [-0.15, -0.1) is 0 Å². The minimum Gasteiger partial charge on any atom is -0.488 e. The summed E-state index contributed by atoms with van der Waals surface area (Å²) in [4.78, 5) is 75.1. The highest BCUT2D eigenvalue weighted by Crippen LogP contribution is 2.46. The summed E-state index contributed by atoms with van der Waals surface area (Å²) in [5, 5.41) is 17.3. The van der Waals surface area contributed by atoms with Crippen LogP contribution in [0, 0.1) is 23.7 Å². The molecule has 0 spiro atoms. The number of nitrogens with zero attached hydrogens (tertiary/aromatic N) is 4. The molecule has 5 aromatic rings. The maximum atomic E-state index is 14.8. The Kier molecular flexibility index (Phi) is 13.0. The molecule has 4 fully saturated rings. The van der Waals surface area contributed by atoms with Crippen molar-refractivity contribution in [3.8, 4) is 28.1 Å². The maximum absolute atomic E-state index is 14.8. The van der Waals surface area contributed by atoms with Crippen LogP contribution in [0.2, 0.25) is 0 Å². The number of carbonyl (C=O) groups excluding carboxylic acids is 3. The van der Waals surface area contributed by atoms with Crippen molar-refractivity contribution in [2.24, 2.45) is 23.7 Å². The lowest BCUT2D eigenvalue weighted by atomic mass is 9.85. The number of nitrogens with one attached hydrogen (secondary N) is 4. The number of imidazole rings is 2. The van der Waals surface area contributed by atoms with E-state index in [-0.39, 0.29) is 84.1 Å². The summed E-state index contributed by atoms with van der Waals surface area (Å²) in [6.07, 6.45) is 3.58. The van der Waals surface area contributed by atoms with Gasteiger partial charge in [-0.2, -0.15) is 0 Å². The van der Waals surface area contributed by atoms with Crippen LogP contribution in [-0.2, 0) is 30.4 Å². The highest BCUT2D eigenvalue weighted by Gasteiger charge is 2.48. The van der Waals surface area contributed by atoms with E-state index in [0.29, 0.717) is 56.8 Å². The molecule has 0 saturated carbocycles. The second-order valence-corrected chi connectivity index (χ2v) is 21.4. The van der Waals surface area contributed by atoms with Crippen molar-refractivity contribution >= 4 is 45.8 Å². The zero-order valence-corrected chi connectivity index (χ0v) is 42.2. The SMILES string of the molecule is COC(=O)N[C@H](C(=O)N1[C@H](c2nc3c(ccc4cc5c(cc43)OCc3cc(-c4cnc([C@@H]6C[C@H](C)[C@H](C)N6C(=O)[C@@H](NC(=O)O)C6C[C@@H](C)O[C@H](C)C6)[nH]4)ccc3-5)[nH]2)C[C@H](C)[C@@H]1C)C1C[C@@H](C)O[C@H](C)C1. The first kappa shape index (κ1) is 48.4. The van der Waals surface area contributed by atoms with E-state index in [1.54, 1.807) is 0 Å². The number of carboxylic acid groups (broad SMARTS) is 1. The quantitative estimate of drug-likeness (QED) is 0.0940. The van der Waals surface area contributed by atoms with E-state index in [1.165, 1.54) is 7.11 Å². The molecule has 5 N–H and O–H groups in total. The molecule has 3 aromatic carbocycles. The molecule has 2 aromatic heterocycles. The van der Waals surface area contributed by atoms with Gasteiger partial charge in [0.1, 0.15) is 36.1 Å². The molecule has 0 radical (unpaired) electrons. The van der Waals surface area contributed by atoms with Crippen molar-refractivity contribution in [1.29, 1.82) is 0 Å². The minimum atomic E-state index is -1.22. The number of ether oxygens (including phenoxy) is 4. The van der Waals surface area contributed by atoms with Gasteiger partial charge in [0.2, 0.25) is 11.8 Å². The molecule has 7 heterocycles. The Labute approximate surface area is 414 Å². The number of hydrogen-bond acceptors (Lipinski definition) is 10. The third kappa shape index (κ3) is 9.08. The summed E-state index contributed by atoms with van der Waals surface area (Å²) < 4.78 is 23.5. The summed E-state index contributed by atoms with van der Waals surface area (Å²) in [5.74, 6) is 1.81. The highest BCUT2D eigenvalue weighted by molar-refractivity contribution is 6.07. The zero-order chi connectivity index (χ0) is 50.2. The van der Waals surface area contributed by atoms with Crippen LogP contribution in [0.15, 0.2) is 48.7 Å². The van der Waals surface area contributed by atoms with Gasteiger partial charge in [-0.3, -0.25) is 9.59 Å². The number of fused-ring (bicyclic) bond motifs is 6. The highest BCUT2D eigenvalue weighted by atomic mass is 16.5. The van der Waals surface area contributed by atoms with E-state index in [2.05, 4.69) is 77.8 Å². The van der Waals surface area contributed by atoms with Gasteiger partial charge in [0.15, 0.2) is 0 Å². The summed E-state index contributed by atoms with van der Waals surface area (Å²) in [7, 11) is 1.32. The standard InChI is InChI=1S/C54H68N8O9/c1-25-14-43(61(31(25)7)51(63)46(59-53(65)66)35-16-27(3)70-28(4)17-35)49-55-23-42(57-49)34-10-12-38-37(20-34)24-69-45-22-39-33(21-40(38)45)11-13-41-48(39)58-50(56-41)44-15-26(2)32(8)62(44)52(64)47(60-54(67)68-9)36-18-29(5)71-30(6)19-36/h10-13,20-23,25-32,35-36,43-44,46-47,59H,14-19,24H2,1-9H3,(H,55,57)(H,56,58)(H,60,67)(H,65,66)/t25-,26-,27+,28+,29+,30+,31-,32-,43-,44-,46-,47-/m0/s1. The Bertz CT molecular complexity index is 2840. The largest absolute Gasteiger partial charge is 0.488 e. The number of likely N-dealkylation sites (tertiary alicyclic amines) is 2. The van der Waals surface area contributed by atoms with Crippen LogP contribution < -0.4 is 15.4 Å². The Morgan fingerprint density at radius 3 is 1.90 bits per heavy atom. The first-order valence-corrected chi connectivity index (χ1v) is 25.5. The van der Waals surface area contributed by atoms with Gasteiger partial charge >= 0.3 is 12.2 Å². The predicted octanol–water partition coefficient (Wildman–Crippen LogP) is 9.03. The van der Waals surface area contributed by atoms with Crippen LogP contribution in [0.5, 0.6) is 5.75 Å². The molecule has 10 rings (SSSR count). The fraction of sp³-hybridized carbons (Fsp3) is 0.556. The lowest BCUT2D eigenvalue weighted by Crippen LogP contribution is -2.55. The van der Waals surface area contributed by atoms with Gasteiger partial charge in [-0.25, -0.2) is 19.6 Å². The van der Waals surface area contributed by atoms with Crippen molar-refractivity contribution in [2.75, 3.05) is 7.11 Å². The van der Waals surface area contributed by atoms with Crippen molar-refractivity contribution in [3.05, 3.63) is 65.9 Å². The normalized spacial score (nSPS) is 30.3. The second-order valence-electron chi connectivity index (χ2n) is 21.4. The summed E-state index contributed by atoms with van der Waals surface area (Å²) in [5.41, 5.74) is 6.46. The van der Waals surface area contributed by atoms with Crippen molar-refractivity contribution < 1.29 is 43.2 Å². The predicted molar refractivity (Wildman–Crippen MR) is 266 cm³/mol. The Morgan fingerprint density at radius 2 is 1.31 bits per heavy atom. The van der Waals surface area contributed by atoms with Gasteiger partial charge in [0.25, 0.3) is 0 Å². The number of methoxy groups -OCH3 is 1. The lowest BCUT2D eigenvalue weighted by molar-refractivity contribution is -0.141. The van der Waals surface area contributed by atoms with E-state index in [1.807, 2.05) is 56.7 Å². The Hall–Kier alpha value is -6.20. The topological polar surface area (TPSA) is 213 Å². The average Bonchev–Trinajstić information content (AvgIpc) is 4.13. The Balaban J connectivity index is 0.905. The molecule has 378 valence electrons. The zero-order valence-electron chi connectivity index (χ0n) is 42.2. The fourth-order valence-electron chi connectivity index (χ4n) is 12.8. The van der Waals surface area contributed by atoms with Crippen molar-refractivity contribution in [3.63, 3.8) is 0 Å². The van der Waals surface area contributed by atoms with Crippen LogP contribution in [0.3, 0.4) is 0 Å². The number of alkyl carbamates (subject to hydrolysis) is 1. The number of aromatic amines is 2. The van der Waals surface area contributed by atoms with Gasteiger partial charge in [-0.1, -0.05) is 32.0 Å². The molecule has 12 atom stereocenters. The number of rotatable bonds is 9. The third-order valence-electron chi connectivity index (χ3n) is 16.5. The molecule has 4 amide bonds. The number of H-pyrrole nitrogens is 2. The van der Waals surface area contributed by atoms with E-state index in [0.717, 1.165) is 55.5 Å². The van der Waals surface area contributed by atoms with Crippen LogP contribution in [0.4, 0.5) is 9.59 Å². The Morgan fingerprint density at radius 1 is 0.718 bits per heavy atom. The van der Waals surface area contributed by atoms with Gasteiger partial charge in [0.05, 0.1) is 66.5 Å². The molecule has 17 nitrogen and oxygen atoms in total. The molecule has 5 aliphatic rings. The number of carbonyl (C=O) groups is 4. The van der Waals surface area contributed by atoms with Gasteiger partial charge in [0, 0.05) is 23.0 Å². The van der Waals surface area contributed by atoms with Crippen molar-refractivity contribution in [2.45, 2.75) is 161 Å². The summed E-state index contributed by atoms with van der Waals surface area (Å²) in [6.45, 7) is 16.7. The number of hydrogen-bond donors (Lipinski definition) is 5. The maximum Gasteiger partial charge on any atom is 0.407 e. The molecule has 0 bridgehead atoms. The monoisotopic (exact) mass is 973 g/mol. The second kappa shape index (κ2) is 19.1. The van der Waals surface area contributed by atoms with E-state index in [9.17, 15) is 24.3 Å².